The average molecular weight is 554 g/mol. The zero-order valence-corrected chi connectivity index (χ0v) is 21.0. The number of carbonyl (C=O) groups is 1. The molecule has 0 aromatic carbocycles. The van der Waals surface area contributed by atoms with Gasteiger partial charge in [0.25, 0.3) is 0 Å². The fraction of sp³-hybridized carbons (Fsp3) is 0.950. The van der Waals surface area contributed by atoms with Gasteiger partial charge in [-0.2, -0.15) is 0 Å². The monoisotopic (exact) mass is 553 g/mol. The SMILES string of the molecule is CO[C@H](O[C@H]1C(O)[C@H](O[C@H]2OC(CNC(=O)CN=[N+]=[N-])[C@@H](O)[C@H](O)C2O)C(N)C[C@H]1N)[C@H](O)C(N)[C@@H](C)O. The smallest absolute Gasteiger partial charge is 0.225 e. The van der Waals surface area contributed by atoms with Gasteiger partial charge in [0.1, 0.15) is 55.4 Å². The van der Waals surface area contributed by atoms with Crippen molar-refractivity contribution in [2.45, 2.75) is 99.0 Å². The number of aliphatic hydroxyl groups excluding tert-OH is 6. The zero-order chi connectivity index (χ0) is 28.7. The first-order valence-corrected chi connectivity index (χ1v) is 12.0. The number of hydrogen-bond donors (Lipinski definition) is 10. The molecule has 1 heterocycles. The van der Waals surface area contributed by atoms with E-state index >= 15 is 0 Å². The predicted molar refractivity (Wildman–Crippen MR) is 126 cm³/mol. The van der Waals surface area contributed by atoms with Gasteiger partial charge in [0.05, 0.1) is 12.1 Å². The standard InChI is InChI=1S/C20H39N7O11/c1-6(28)11(23)13(31)19(35-2)37-17-7(21)3-8(22)18(16(17)34)38-20-15(33)14(32)12(30)9(36-20)4-25-10(29)5-26-27-24/h6-9,11-20,28,30-34H,3-5,21-23H2,1-2H3,(H,25,29)/t6-,7-,8?,9?,11?,12-,13-,14+,15?,16?,17-,18-,19-,20-/m1/s1. The number of nitrogens with zero attached hydrogens (tertiary/aromatic N) is 3. The number of hydrogen-bond acceptors (Lipinski definition) is 15. The number of amides is 1. The van der Waals surface area contributed by atoms with Crippen LogP contribution in [0.4, 0.5) is 0 Å². The number of rotatable bonds is 12. The van der Waals surface area contributed by atoms with Gasteiger partial charge in [0.15, 0.2) is 12.6 Å². The van der Waals surface area contributed by atoms with Crippen molar-refractivity contribution in [3.8, 4) is 0 Å². The summed E-state index contributed by atoms with van der Waals surface area (Å²) in [5, 5.41) is 67.6. The molecule has 1 aliphatic carbocycles. The number of azide groups is 1. The lowest BCUT2D eigenvalue weighted by Gasteiger charge is -2.47. The van der Waals surface area contributed by atoms with E-state index in [0.29, 0.717) is 0 Å². The normalized spacial score (nSPS) is 38.9. The molecule has 5 unspecified atom stereocenters. The van der Waals surface area contributed by atoms with Gasteiger partial charge in [-0.15, -0.1) is 0 Å². The predicted octanol–water partition coefficient (Wildman–Crippen LogP) is -5.55. The Morgan fingerprint density at radius 3 is 2.34 bits per heavy atom. The Morgan fingerprint density at radius 2 is 1.76 bits per heavy atom. The largest absolute Gasteiger partial charge is 0.392 e. The molecule has 220 valence electrons. The molecule has 0 radical (unpaired) electrons. The molecule has 38 heavy (non-hydrogen) atoms. The lowest BCUT2D eigenvalue weighted by molar-refractivity contribution is -0.324. The van der Waals surface area contributed by atoms with Crippen molar-refractivity contribution in [3.05, 3.63) is 10.4 Å². The maximum absolute atomic E-state index is 11.7. The van der Waals surface area contributed by atoms with E-state index in [9.17, 15) is 35.4 Å². The molecule has 2 fully saturated rings. The summed E-state index contributed by atoms with van der Waals surface area (Å²) in [5.41, 5.74) is 26.3. The van der Waals surface area contributed by atoms with Gasteiger partial charge in [-0.1, -0.05) is 5.11 Å². The quantitative estimate of drug-likeness (QED) is 0.0466. The van der Waals surface area contributed by atoms with Gasteiger partial charge < -0.3 is 72.1 Å². The highest BCUT2D eigenvalue weighted by Crippen LogP contribution is 2.30. The highest BCUT2D eigenvalue weighted by atomic mass is 16.7. The van der Waals surface area contributed by atoms with Crippen LogP contribution in [0.25, 0.3) is 10.4 Å². The first-order valence-electron chi connectivity index (χ1n) is 12.0. The van der Waals surface area contributed by atoms with Crippen molar-refractivity contribution >= 4 is 5.91 Å². The summed E-state index contributed by atoms with van der Waals surface area (Å²) in [6, 6.07) is -2.89. The lowest BCUT2D eigenvalue weighted by atomic mass is 9.84. The summed E-state index contributed by atoms with van der Waals surface area (Å²) in [4.78, 5) is 14.2. The lowest BCUT2D eigenvalue weighted by Crippen LogP contribution is -2.67. The van der Waals surface area contributed by atoms with E-state index in [1.54, 1.807) is 0 Å². The highest BCUT2D eigenvalue weighted by molar-refractivity contribution is 5.78. The molecule has 0 aromatic heterocycles. The number of nitrogens with two attached hydrogens (primary N) is 3. The Hall–Kier alpha value is -1.74. The average Bonchev–Trinajstić information content (AvgIpc) is 2.88. The molecule has 1 amide bonds. The van der Waals surface area contributed by atoms with Gasteiger partial charge in [0, 0.05) is 30.6 Å². The van der Waals surface area contributed by atoms with Crippen LogP contribution in [-0.4, -0.2) is 142 Å². The fourth-order valence-corrected chi connectivity index (χ4v) is 4.25. The number of methoxy groups -OCH3 is 1. The van der Waals surface area contributed by atoms with Crippen molar-refractivity contribution in [1.29, 1.82) is 0 Å². The van der Waals surface area contributed by atoms with E-state index in [4.69, 9.17) is 41.7 Å². The first-order chi connectivity index (χ1) is 17.8. The van der Waals surface area contributed by atoms with Crippen molar-refractivity contribution in [2.24, 2.45) is 22.3 Å². The molecular weight excluding hydrogens is 514 g/mol. The van der Waals surface area contributed by atoms with Gasteiger partial charge >= 0.3 is 0 Å². The Morgan fingerprint density at radius 1 is 1.13 bits per heavy atom. The van der Waals surface area contributed by atoms with E-state index < -0.39 is 98.1 Å². The molecule has 2 aliphatic rings. The van der Waals surface area contributed by atoms with Crippen LogP contribution >= 0.6 is 0 Å². The summed E-state index contributed by atoms with van der Waals surface area (Å²) < 4.78 is 22.1. The molecular formula is C20H39N7O11. The Balaban J connectivity index is 2.13. The maximum atomic E-state index is 11.7. The van der Waals surface area contributed by atoms with E-state index in [0.717, 1.165) is 0 Å². The highest BCUT2D eigenvalue weighted by Gasteiger charge is 2.50. The zero-order valence-electron chi connectivity index (χ0n) is 21.0. The van der Waals surface area contributed by atoms with Crippen LogP contribution < -0.4 is 22.5 Å². The number of carbonyl (C=O) groups excluding carboxylic acids is 1. The topological polar surface area (TPSA) is 314 Å². The molecule has 2 rings (SSSR count). The summed E-state index contributed by atoms with van der Waals surface area (Å²) in [6.07, 6.45) is -16.0. The second-order valence-corrected chi connectivity index (χ2v) is 9.38. The van der Waals surface area contributed by atoms with Crippen molar-refractivity contribution in [1.82, 2.24) is 5.32 Å². The summed E-state index contributed by atoms with van der Waals surface area (Å²) in [6.45, 7) is 0.524. The van der Waals surface area contributed by atoms with E-state index in [1.165, 1.54) is 14.0 Å². The van der Waals surface area contributed by atoms with Gasteiger partial charge in [-0.05, 0) is 18.9 Å². The van der Waals surface area contributed by atoms with Crippen molar-refractivity contribution in [3.63, 3.8) is 0 Å². The third-order valence-corrected chi connectivity index (χ3v) is 6.55. The molecule has 14 atom stereocenters. The number of ether oxygens (including phenoxy) is 4. The Kier molecular flexibility index (Phi) is 12.5. The second kappa shape index (κ2) is 14.6. The van der Waals surface area contributed by atoms with Crippen LogP contribution in [0.15, 0.2) is 5.11 Å². The third kappa shape index (κ3) is 7.90. The minimum Gasteiger partial charge on any atom is -0.392 e. The minimum atomic E-state index is -1.77. The molecule has 18 nitrogen and oxygen atoms in total. The van der Waals surface area contributed by atoms with Crippen LogP contribution in [-0.2, 0) is 23.7 Å². The molecule has 0 aromatic rings. The van der Waals surface area contributed by atoms with Crippen molar-refractivity contribution < 1.29 is 54.4 Å². The molecule has 0 bridgehead atoms. The van der Waals surface area contributed by atoms with Gasteiger partial charge in [-0.25, -0.2) is 0 Å². The molecule has 18 heteroatoms. The van der Waals surface area contributed by atoms with Crippen LogP contribution in [0.3, 0.4) is 0 Å². The minimum absolute atomic E-state index is 0.0499. The molecule has 0 spiro atoms. The summed E-state index contributed by atoms with van der Waals surface area (Å²) >= 11 is 0. The third-order valence-electron chi connectivity index (χ3n) is 6.55. The van der Waals surface area contributed by atoms with E-state index in [1.807, 2.05) is 0 Å². The summed E-state index contributed by atoms with van der Waals surface area (Å²) in [5.74, 6) is -0.680. The van der Waals surface area contributed by atoms with Crippen LogP contribution in [0, 0.1) is 0 Å². The molecule has 1 saturated carbocycles. The summed E-state index contributed by atoms with van der Waals surface area (Å²) in [7, 11) is 1.22. The van der Waals surface area contributed by atoms with Crippen LogP contribution in [0.2, 0.25) is 0 Å². The Labute approximate surface area is 218 Å². The number of nitrogens with one attached hydrogen (secondary N) is 1. The van der Waals surface area contributed by atoms with Crippen molar-refractivity contribution in [2.75, 3.05) is 20.2 Å². The molecule has 1 aliphatic heterocycles. The second-order valence-electron chi connectivity index (χ2n) is 9.38. The first kappa shape index (κ1) is 32.5. The Bertz CT molecular complexity index is 807. The fourth-order valence-electron chi connectivity index (χ4n) is 4.25. The van der Waals surface area contributed by atoms with Crippen LogP contribution in [0.1, 0.15) is 13.3 Å². The van der Waals surface area contributed by atoms with Gasteiger partial charge in [-0.3, -0.25) is 4.79 Å². The maximum Gasteiger partial charge on any atom is 0.225 e. The van der Waals surface area contributed by atoms with E-state index in [2.05, 4.69) is 15.3 Å². The van der Waals surface area contributed by atoms with E-state index in [-0.39, 0.29) is 13.0 Å². The number of aliphatic hydroxyl groups is 6. The van der Waals surface area contributed by atoms with Crippen LogP contribution in [0.5, 0.6) is 0 Å². The molecule has 13 N–H and O–H groups in total. The molecule has 1 saturated heterocycles. The van der Waals surface area contributed by atoms with Gasteiger partial charge in [0.2, 0.25) is 5.91 Å².